The smallest absolute Gasteiger partial charge is 0.317 e. The van der Waals surface area contributed by atoms with Crippen LogP contribution >= 0.6 is 15.9 Å². The van der Waals surface area contributed by atoms with Gasteiger partial charge in [0, 0.05) is 10.0 Å². The van der Waals surface area contributed by atoms with Crippen LogP contribution in [0.3, 0.4) is 0 Å². The second kappa shape index (κ2) is 6.62. The minimum Gasteiger partial charge on any atom is -0.382 e. The molecule has 3 atom stereocenters. The SMILES string of the molecule is O=S1(=O)Oc2ccc(Br)cc2[C@H]2[C@@H]1[C@H](c1ccccc1)ON2c1ccccc1. The fourth-order valence-electron chi connectivity index (χ4n) is 3.86. The van der Waals surface area contributed by atoms with E-state index in [1.54, 1.807) is 17.2 Å². The van der Waals surface area contributed by atoms with Gasteiger partial charge in [0.15, 0.2) is 5.25 Å². The molecule has 3 aromatic carbocycles. The largest absolute Gasteiger partial charge is 0.382 e. The maximum atomic E-state index is 13.1. The maximum absolute atomic E-state index is 13.1. The average molecular weight is 458 g/mol. The van der Waals surface area contributed by atoms with E-state index in [-0.39, 0.29) is 0 Å². The molecule has 0 saturated carbocycles. The first-order chi connectivity index (χ1) is 13.5. The number of hydroxylamine groups is 1. The first-order valence-electron chi connectivity index (χ1n) is 8.83. The van der Waals surface area contributed by atoms with Crippen LogP contribution in [0.25, 0.3) is 0 Å². The molecule has 7 heteroatoms. The van der Waals surface area contributed by atoms with Crippen molar-refractivity contribution in [3.63, 3.8) is 0 Å². The fourth-order valence-corrected chi connectivity index (χ4v) is 5.83. The van der Waals surface area contributed by atoms with Crippen molar-refractivity contribution in [1.29, 1.82) is 0 Å². The lowest BCUT2D eigenvalue weighted by Gasteiger charge is -2.32. The Balaban J connectivity index is 1.73. The summed E-state index contributed by atoms with van der Waals surface area (Å²) in [4.78, 5) is 6.27. The molecule has 0 bridgehead atoms. The molecule has 142 valence electrons. The summed E-state index contributed by atoms with van der Waals surface area (Å²) in [6.07, 6.45) is -0.677. The van der Waals surface area contributed by atoms with E-state index in [4.69, 9.17) is 9.02 Å². The Morgan fingerprint density at radius 1 is 0.893 bits per heavy atom. The van der Waals surface area contributed by atoms with Crippen molar-refractivity contribution >= 4 is 31.7 Å². The van der Waals surface area contributed by atoms with E-state index in [0.717, 1.165) is 21.3 Å². The fraction of sp³-hybridized carbons (Fsp3) is 0.143. The van der Waals surface area contributed by atoms with E-state index in [1.807, 2.05) is 66.7 Å². The highest BCUT2D eigenvalue weighted by Gasteiger charge is 2.56. The van der Waals surface area contributed by atoms with Crippen LogP contribution in [0, 0.1) is 0 Å². The number of hydrogen-bond donors (Lipinski definition) is 0. The number of rotatable bonds is 2. The third kappa shape index (κ3) is 2.82. The van der Waals surface area contributed by atoms with Crippen molar-refractivity contribution in [1.82, 2.24) is 0 Å². The molecule has 2 aliphatic rings. The quantitative estimate of drug-likeness (QED) is 0.518. The normalized spacial score (nSPS) is 24.9. The summed E-state index contributed by atoms with van der Waals surface area (Å²) in [5.41, 5.74) is 2.36. The maximum Gasteiger partial charge on any atom is 0.317 e. The number of fused-ring (bicyclic) bond motifs is 3. The highest BCUT2D eigenvalue weighted by molar-refractivity contribution is 9.10. The molecule has 0 aliphatic carbocycles. The molecule has 0 amide bonds. The summed E-state index contributed by atoms with van der Waals surface area (Å²) in [6, 6.07) is 23.7. The van der Waals surface area contributed by atoms with Gasteiger partial charge in [0.1, 0.15) is 17.9 Å². The monoisotopic (exact) mass is 457 g/mol. The van der Waals surface area contributed by atoms with Gasteiger partial charge >= 0.3 is 10.1 Å². The molecule has 1 saturated heterocycles. The molecule has 5 nitrogen and oxygen atoms in total. The zero-order valence-electron chi connectivity index (χ0n) is 14.6. The van der Waals surface area contributed by atoms with Crippen LogP contribution in [0.4, 0.5) is 5.69 Å². The molecule has 28 heavy (non-hydrogen) atoms. The molecule has 5 rings (SSSR count). The van der Waals surface area contributed by atoms with E-state index in [2.05, 4.69) is 15.9 Å². The van der Waals surface area contributed by atoms with Gasteiger partial charge in [0.2, 0.25) is 0 Å². The van der Waals surface area contributed by atoms with Gasteiger partial charge in [-0.05, 0) is 35.9 Å². The Bertz CT molecular complexity index is 1120. The van der Waals surface area contributed by atoms with Gasteiger partial charge in [-0.1, -0.05) is 64.5 Å². The Morgan fingerprint density at radius 3 is 2.29 bits per heavy atom. The number of nitrogens with zero attached hydrogens (tertiary/aromatic N) is 1. The molecule has 0 spiro atoms. The summed E-state index contributed by atoms with van der Waals surface area (Å²) in [5.74, 6) is 0.336. The van der Waals surface area contributed by atoms with Crippen molar-refractivity contribution in [2.75, 3.05) is 5.06 Å². The second-order valence-electron chi connectivity index (χ2n) is 6.77. The number of hydrogen-bond acceptors (Lipinski definition) is 5. The van der Waals surface area contributed by atoms with Gasteiger partial charge in [-0.25, -0.2) is 5.06 Å². The highest BCUT2D eigenvalue weighted by atomic mass is 79.9. The Morgan fingerprint density at radius 2 is 1.57 bits per heavy atom. The number of para-hydroxylation sites is 1. The van der Waals surface area contributed by atoms with Crippen LogP contribution in [-0.2, 0) is 15.0 Å². The van der Waals surface area contributed by atoms with Crippen LogP contribution < -0.4 is 9.25 Å². The van der Waals surface area contributed by atoms with Crippen molar-refractivity contribution in [3.05, 3.63) is 94.5 Å². The van der Waals surface area contributed by atoms with Crippen LogP contribution in [0.5, 0.6) is 5.75 Å². The topological polar surface area (TPSA) is 55.8 Å². The highest BCUT2D eigenvalue weighted by Crippen LogP contribution is 2.53. The molecular weight excluding hydrogens is 442 g/mol. The van der Waals surface area contributed by atoms with Crippen LogP contribution in [-0.4, -0.2) is 13.7 Å². The summed E-state index contributed by atoms with van der Waals surface area (Å²) in [6.45, 7) is 0. The molecule has 0 unspecified atom stereocenters. The van der Waals surface area contributed by atoms with Gasteiger partial charge in [0.25, 0.3) is 0 Å². The van der Waals surface area contributed by atoms with E-state index in [0.29, 0.717) is 5.75 Å². The third-order valence-electron chi connectivity index (χ3n) is 5.06. The van der Waals surface area contributed by atoms with Gasteiger partial charge in [-0.2, -0.15) is 8.42 Å². The predicted molar refractivity (Wildman–Crippen MR) is 109 cm³/mol. The van der Waals surface area contributed by atoms with Crippen LogP contribution in [0.1, 0.15) is 23.3 Å². The first kappa shape index (κ1) is 17.7. The molecular formula is C21H16BrNO4S. The van der Waals surface area contributed by atoms with Crippen LogP contribution in [0.15, 0.2) is 83.3 Å². The standard InChI is InChI=1S/C21H16BrNO4S/c22-15-11-12-18-17(13-15)19-21(28(24,25)27-18)20(14-7-3-1-4-8-14)26-23(19)16-9-5-2-6-10-16/h1-13,19-21H/t19-,20-,21+/m0/s1. The molecule has 2 aliphatic heterocycles. The van der Waals surface area contributed by atoms with Gasteiger partial charge in [0.05, 0.1) is 5.69 Å². The Hall–Kier alpha value is -2.35. The van der Waals surface area contributed by atoms with E-state index >= 15 is 0 Å². The van der Waals surface area contributed by atoms with Crippen molar-refractivity contribution < 1.29 is 17.4 Å². The van der Waals surface area contributed by atoms with Gasteiger partial charge in [-0.15, -0.1) is 0 Å². The van der Waals surface area contributed by atoms with Crippen LogP contribution in [0.2, 0.25) is 0 Å². The second-order valence-corrected chi connectivity index (χ2v) is 9.38. The summed E-state index contributed by atoms with van der Waals surface area (Å²) < 4.78 is 32.6. The Labute approximate surface area is 171 Å². The lowest BCUT2D eigenvalue weighted by Crippen LogP contribution is -2.39. The average Bonchev–Trinajstić information content (AvgIpc) is 3.12. The number of halogens is 1. The molecule has 3 aromatic rings. The zero-order valence-corrected chi connectivity index (χ0v) is 17.0. The molecule has 0 radical (unpaired) electrons. The lowest BCUT2D eigenvalue weighted by molar-refractivity contribution is 0.0843. The van der Waals surface area contributed by atoms with E-state index in [1.165, 1.54) is 0 Å². The third-order valence-corrected chi connectivity index (χ3v) is 7.13. The van der Waals surface area contributed by atoms with Crippen molar-refractivity contribution in [2.24, 2.45) is 0 Å². The zero-order chi connectivity index (χ0) is 19.3. The lowest BCUT2D eigenvalue weighted by atomic mass is 9.96. The van der Waals surface area contributed by atoms with Gasteiger partial charge in [-0.3, -0.25) is 4.84 Å². The first-order valence-corrected chi connectivity index (χ1v) is 11.1. The Kier molecular flexibility index (Phi) is 4.19. The number of benzene rings is 3. The molecule has 0 aromatic heterocycles. The van der Waals surface area contributed by atoms with Crippen molar-refractivity contribution in [3.8, 4) is 5.75 Å². The minimum absolute atomic E-state index is 0.336. The van der Waals surface area contributed by atoms with Gasteiger partial charge < -0.3 is 4.18 Å². The van der Waals surface area contributed by atoms with Crippen molar-refractivity contribution in [2.45, 2.75) is 17.4 Å². The predicted octanol–water partition coefficient (Wildman–Crippen LogP) is 4.77. The molecule has 1 fully saturated rings. The minimum atomic E-state index is -3.91. The van der Waals surface area contributed by atoms with E-state index in [9.17, 15) is 8.42 Å². The summed E-state index contributed by atoms with van der Waals surface area (Å²) in [5, 5.41) is 0.810. The summed E-state index contributed by atoms with van der Waals surface area (Å²) in [7, 11) is -3.91. The summed E-state index contributed by atoms with van der Waals surface area (Å²) >= 11 is 3.49. The molecule has 2 heterocycles. The number of anilines is 1. The molecule has 0 N–H and O–H groups in total. The van der Waals surface area contributed by atoms with E-state index < -0.39 is 27.5 Å².